The predicted octanol–water partition coefficient (Wildman–Crippen LogP) is 3.44. The third kappa shape index (κ3) is 5.19. The highest BCUT2D eigenvalue weighted by Gasteiger charge is 2.27. The maximum Gasteiger partial charge on any atom is 0.321 e. The Morgan fingerprint density at radius 3 is 2.58 bits per heavy atom. The van der Waals surface area contributed by atoms with Gasteiger partial charge in [-0.15, -0.1) is 0 Å². The molecule has 3 heterocycles. The normalized spacial score (nSPS) is 18.8. The van der Waals surface area contributed by atoms with Crippen molar-refractivity contribution < 1.29 is 23.5 Å². The summed E-state index contributed by atoms with van der Waals surface area (Å²) < 4.78 is 16.9. The van der Waals surface area contributed by atoms with Gasteiger partial charge in [0.15, 0.2) is 0 Å². The van der Waals surface area contributed by atoms with E-state index in [0.717, 1.165) is 25.2 Å². The number of nitrogens with one attached hydrogen (secondary N) is 1. The summed E-state index contributed by atoms with van der Waals surface area (Å²) >= 11 is 0. The van der Waals surface area contributed by atoms with Crippen molar-refractivity contribution in [2.24, 2.45) is 0 Å². The van der Waals surface area contributed by atoms with Crippen LogP contribution in [0.3, 0.4) is 0 Å². The van der Waals surface area contributed by atoms with Crippen molar-refractivity contribution >= 4 is 17.6 Å². The lowest BCUT2D eigenvalue weighted by Crippen LogP contribution is -2.51. The molecule has 166 valence electrons. The number of ether oxygens (including phenoxy) is 2. The molecule has 2 aromatic rings. The Morgan fingerprint density at radius 2 is 1.90 bits per heavy atom. The zero-order valence-corrected chi connectivity index (χ0v) is 18.1. The molecule has 4 rings (SSSR count). The van der Waals surface area contributed by atoms with Gasteiger partial charge in [0.1, 0.15) is 23.9 Å². The van der Waals surface area contributed by atoms with Crippen LogP contribution >= 0.6 is 0 Å². The van der Waals surface area contributed by atoms with Gasteiger partial charge in [-0.3, -0.25) is 4.79 Å². The van der Waals surface area contributed by atoms with Crippen LogP contribution in [-0.2, 0) is 4.74 Å². The van der Waals surface area contributed by atoms with Gasteiger partial charge in [0.2, 0.25) is 0 Å². The summed E-state index contributed by atoms with van der Waals surface area (Å²) in [6, 6.07) is 8.96. The van der Waals surface area contributed by atoms with Crippen LogP contribution in [0.2, 0.25) is 0 Å². The Labute approximate surface area is 182 Å². The minimum Gasteiger partial charge on any atom is -0.491 e. The van der Waals surface area contributed by atoms with Crippen LogP contribution in [0, 0.1) is 13.8 Å². The summed E-state index contributed by atoms with van der Waals surface area (Å²) in [5.41, 5.74) is 1.27. The number of rotatable bonds is 5. The van der Waals surface area contributed by atoms with E-state index in [1.165, 1.54) is 0 Å². The Bertz CT molecular complexity index is 927. The standard InChI is InChI=1S/C23H29N3O5/c1-16-13-21(17(2)31-16)22(27)25-8-10-26(11-9-25)23(28)24-18-5-3-6-19(14-18)30-15-20-7-4-12-29-20/h3,5-6,13-14,20H,4,7-12,15H2,1-2H3,(H,24,28)/t20-/m0/s1. The maximum absolute atomic E-state index is 12.7. The van der Waals surface area contributed by atoms with Crippen molar-refractivity contribution in [3.05, 3.63) is 47.4 Å². The second-order valence-electron chi connectivity index (χ2n) is 8.01. The molecule has 31 heavy (non-hydrogen) atoms. The first-order valence-corrected chi connectivity index (χ1v) is 10.8. The van der Waals surface area contributed by atoms with Crippen molar-refractivity contribution in [3.8, 4) is 5.75 Å². The molecule has 1 aromatic carbocycles. The first-order valence-electron chi connectivity index (χ1n) is 10.8. The van der Waals surface area contributed by atoms with E-state index in [1.54, 1.807) is 22.8 Å². The lowest BCUT2D eigenvalue weighted by atomic mass is 10.2. The minimum absolute atomic E-state index is 0.0505. The zero-order chi connectivity index (χ0) is 21.8. The Balaban J connectivity index is 1.27. The van der Waals surface area contributed by atoms with Crippen molar-refractivity contribution in [2.75, 3.05) is 44.7 Å². The number of nitrogens with zero attached hydrogens (tertiary/aromatic N) is 2. The molecule has 8 heteroatoms. The number of anilines is 1. The number of hydrogen-bond donors (Lipinski definition) is 1. The van der Waals surface area contributed by atoms with Gasteiger partial charge in [-0.25, -0.2) is 4.79 Å². The van der Waals surface area contributed by atoms with E-state index in [1.807, 2.05) is 31.2 Å². The van der Waals surface area contributed by atoms with Crippen LogP contribution in [0.4, 0.5) is 10.5 Å². The molecule has 8 nitrogen and oxygen atoms in total. The number of carbonyl (C=O) groups is 2. The van der Waals surface area contributed by atoms with Gasteiger partial charge in [0, 0.05) is 44.5 Å². The molecule has 1 N–H and O–H groups in total. The lowest BCUT2D eigenvalue weighted by Gasteiger charge is -2.34. The molecule has 2 saturated heterocycles. The molecule has 1 atom stereocenters. The molecule has 0 spiro atoms. The summed E-state index contributed by atoms with van der Waals surface area (Å²) in [6.07, 6.45) is 2.24. The van der Waals surface area contributed by atoms with Crippen LogP contribution in [0.15, 0.2) is 34.7 Å². The Hall–Kier alpha value is -3.00. The Morgan fingerprint density at radius 1 is 1.13 bits per heavy atom. The van der Waals surface area contributed by atoms with Crippen LogP contribution < -0.4 is 10.1 Å². The number of furan rings is 1. The summed E-state index contributed by atoms with van der Waals surface area (Å²) in [6.45, 7) is 6.86. The van der Waals surface area contributed by atoms with E-state index in [9.17, 15) is 9.59 Å². The van der Waals surface area contributed by atoms with E-state index in [0.29, 0.717) is 55.5 Å². The van der Waals surface area contributed by atoms with Gasteiger partial charge in [0.05, 0.1) is 11.7 Å². The van der Waals surface area contributed by atoms with Crippen molar-refractivity contribution in [1.29, 1.82) is 0 Å². The third-order valence-corrected chi connectivity index (χ3v) is 5.67. The number of piperazine rings is 1. The van der Waals surface area contributed by atoms with Gasteiger partial charge < -0.3 is 29.0 Å². The van der Waals surface area contributed by atoms with Crippen LogP contribution in [0.1, 0.15) is 34.7 Å². The number of carbonyl (C=O) groups excluding carboxylic acids is 2. The average molecular weight is 428 g/mol. The van der Waals surface area contributed by atoms with Crippen LogP contribution in [0.25, 0.3) is 0 Å². The molecule has 3 amide bonds. The second-order valence-corrected chi connectivity index (χ2v) is 8.01. The highest BCUT2D eigenvalue weighted by Crippen LogP contribution is 2.21. The topological polar surface area (TPSA) is 84.3 Å². The number of benzene rings is 1. The summed E-state index contributed by atoms with van der Waals surface area (Å²) in [5.74, 6) is 2.00. The van der Waals surface area contributed by atoms with Crippen molar-refractivity contribution in [1.82, 2.24) is 9.80 Å². The molecule has 0 unspecified atom stereocenters. The summed E-state index contributed by atoms with van der Waals surface area (Å²) in [7, 11) is 0. The van der Waals surface area contributed by atoms with E-state index < -0.39 is 0 Å². The predicted molar refractivity (Wildman–Crippen MR) is 116 cm³/mol. The fourth-order valence-electron chi connectivity index (χ4n) is 3.96. The van der Waals surface area contributed by atoms with Gasteiger partial charge in [-0.1, -0.05) is 6.07 Å². The molecule has 0 radical (unpaired) electrons. The number of amides is 3. The maximum atomic E-state index is 12.7. The van der Waals surface area contributed by atoms with Gasteiger partial charge in [0.25, 0.3) is 5.91 Å². The molecule has 2 fully saturated rings. The van der Waals surface area contributed by atoms with Gasteiger partial charge in [-0.2, -0.15) is 0 Å². The molecule has 2 aliphatic heterocycles. The average Bonchev–Trinajstić information content (AvgIpc) is 3.41. The highest BCUT2D eigenvalue weighted by molar-refractivity contribution is 5.95. The monoisotopic (exact) mass is 427 g/mol. The van der Waals surface area contributed by atoms with Crippen LogP contribution in [-0.4, -0.2) is 67.2 Å². The quantitative estimate of drug-likeness (QED) is 0.790. The van der Waals surface area contributed by atoms with Gasteiger partial charge in [-0.05, 0) is 44.9 Å². The summed E-state index contributed by atoms with van der Waals surface area (Å²) in [4.78, 5) is 28.9. The van der Waals surface area contributed by atoms with E-state index in [4.69, 9.17) is 13.9 Å². The SMILES string of the molecule is Cc1cc(C(=O)N2CCN(C(=O)Nc3cccc(OC[C@@H]4CCCO4)c3)CC2)c(C)o1. The molecular formula is C23H29N3O5. The molecule has 1 aromatic heterocycles. The number of aryl methyl sites for hydroxylation is 2. The first kappa shape index (κ1) is 21.2. The van der Waals surface area contributed by atoms with E-state index in [2.05, 4.69) is 5.32 Å². The van der Waals surface area contributed by atoms with Gasteiger partial charge >= 0.3 is 6.03 Å². The smallest absolute Gasteiger partial charge is 0.321 e. The fraction of sp³-hybridized carbons (Fsp3) is 0.478. The molecular weight excluding hydrogens is 398 g/mol. The third-order valence-electron chi connectivity index (χ3n) is 5.67. The van der Waals surface area contributed by atoms with Crippen LogP contribution in [0.5, 0.6) is 5.75 Å². The zero-order valence-electron chi connectivity index (χ0n) is 18.1. The molecule has 2 aliphatic rings. The largest absolute Gasteiger partial charge is 0.491 e. The van der Waals surface area contributed by atoms with E-state index >= 15 is 0 Å². The molecule has 0 bridgehead atoms. The highest BCUT2D eigenvalue weighted by atomic mass is 16.5. The Kier molecular flexibility index (Phi) is 6.46. The first-order chi connectivity index (χ1) is 15.0. The van der Waals surface area contributed by atoms with Crippen molar-refractivity contribution in [3.63, 3.8) is 0 Å². The number of hydrogen-bond acceptors (Lipinski definition) is 5. The minimum atomic E-state index is -0.182. The fourth-order valence-corrected chi connectivity index (χ4v) is 3.96. The molecule has 0 aliphatic carbocycles. The second kappa shape index (κ2) is 9.43. The number of urea groups is 1. The van der Waals surface area contributed by atoms with E-state index in [-0.39, 0.29) is 18.0 Å². The molecule has 0 saturated carbocycles. The van der Waals surface area contributed by atoms with Crippen molar-refractivity contribution in [2.45, 2.75) is 32.8 Å². The summed E-state index contributed by atoms with van der Waals surface area (Å²) in [5, 5.41) is 2.93. The lowest BCUT2D eigenvalue weighted by molar-refractivity contribution is 0.0670.